The highest BCUT2D eigenvalue weighted by molar-refractivity contribution is 5.94. The van der Waals surface area contributed by atoms with Crippen molar-refractivity contribution in [1.82, 2.24) is 50.8 Å². The van der Waals surface area contributed by atoms with E-state index in [2.05, 4.69) is 70.2 Å². The molecule has 0 bridgehead atoms. The van der Waals surface area contributed by atoms with Gasteiger partial charge in [0.1, 0.15) is 17.8 Å². The van der Waals surface area contributed by atoms with Crippen LogP contribution in [0.3, 0.4) is 0 Å². The summed E-state index contributed by atoms with van der Waals surface area (Å²) < 4.78 is 0. The van der Waals surface area contributed by atoms with E-state index >= 15 is 0 Å². The molecule has 43 heavy (non-hydrogen) atoms. The van der Waals surface area contributed by atoms with Gasteiger partial charge in [-0.1, -0.05) is 12.1 Å². The van der Waals surface area contributed by atoms with Crippen molar-refractivity contribution in [1.29, 1.82) is 0 Å². The first-order valence-electron chi connectivity index (χ1n) is 14.2. The minimum Gasteiger partial charge on any atom is -0.354 e. The van der Waals surface area contributed by atoms with Crippen molar-refractivity contribution in [3.8, 4) is 22.5 Å². The van der Waals surface area contributed by atoms with Gasteiger partial charge in [0, 0.05) is 54.6 Å². The van der Waals surface area contributed by atoms with Crippen molar-refractivity contribution < 1.29 is 4.79 Å². The number of H-pyrrole nitrogens is 1. The fraction of sp³-hybridized carbons (Fsp3) is 0.367. The third-order valence-electron chi connectivity index (χ3n) is 7.50. The molecule has 0 radical (unpaired) electrons. The van der Waals surface area contributed by atoms with Crippen molar-refractivity contribution in [2.45, 2.75) is 46.2 Å². The molecule has 1 fully saturated rings. The zero-order valence-corrected chi connectivity index (χ0v) is 25.7. The number of nitrogens with one attached hydrogen (secondary N) is 3. The third-order valence-corrected chi connectivity index (χ3v) is 7.50. The Balaban J connectivity index is 0.00000368. The molecule has 5 heterocycles. The molecule has 12 nitrogen and oxygen atoms in total. The van der Waals surface area contributed by atoms with Gasteiger partial charge in [0.25, 0.3) is 11.7 Å². The molecule has 13 heteroatoms. The number of pyridine rings is 1. The molecule has 1 saturated heterocycles. The molecule has 1 atom stereocenters. The van der Waals surface area contributed by atoms with E-state index < -0.39 is 0 Å². The first kappa shape index (κ1) is 30.1. The summed E-state index contributed by atoms with van der Waals surface area (Å²) in [5.41, 5.74) is 6.16. The number of amides is 1. The Morgan fingerprint density at radius 1 is 1.02 bits per heavy atom. The number of fused-ring (bicyclic) bond motifs is 1. The number of aromatic amines is 1. The van der Waals surface area contributed by atoms with Gasteiger partial charge in [-0.05, 0) is 75.2 Å². The zero-order chi connectivity index (χ0) is 29.4. The molecule has 0 saturated carbocycles. The van der Waals surface area contributed by atoms with E-state index in [1.807, 2.05) is 52.9 Å². The summed E-state index contributed by atoms with van der Waals surface area (Å²) in [6.07, 6.45) is 3.48. The molecule has 3 N–H and O–H groups in total. The first-order chi connectivity index (χ1) is 20.2. The molecule has 224 valence electrons. The summed E-state index contributed by atoms with van der Waals surface area (Å²) in [6.45, 7) is 13.7. The van der Waals surface area contributed by atoms with E-state index in [0.717, 1.165) is 76.7 Å². The molecule has 1 amide bonds. The van der Waals surface area contributed by atoms with Crippen LogP contribution >= 0.6 is 12.4 Å². The van der Waals surface area contributed by atoms with Crippen molar-refractivity contribution in [3.05, 3.63) is 65.9 Å². The summed E-state index contributed by atoms with van der Waals surface area (Å²) in [7, 11) is 0. The standard InChI is InChI=1S/C30H35N11O.ClH/c1-18-14-20(6-8-22(18)19(2)35-29(42)28-37-39-41(38-28)30(3,4)5)26-23-15-24(36-27(23)34-17-33-26)21-7-9-25(32-16-21)40-12-10-31-11-13-40;/h6-9,14-17,19,31H,10-13H2,1-5H3,(H,35,42)(H,33,34,36);1H/t19-;/m1./s1. The Kier molecular flexibility index (Phi) is 8.43. The van der Waals surface area contributed by atoms with Gasteiger partial charge in [-0.3, -0.25) is 4.79 Å². The maximum Gasteiger partial charge on any atom is 0.293 e. The predicted octanol–water partition coefficient (Wildman–Crippen LogP) is 4.06. The van der Waals surface area contributed by atoms with Crippen LogP contribution in [0.2, 0.25) is 0 Å². The number of carbonyl (C=O) groups excluding carboxylic acids is 1. The number of rotatable bonds is 6. The molecular weight excluding hydrogens is 566 g/mol. The Labute approximate surface area is 256 Å². The van der Waals surface area contributed by atoms with Gasteiger partial charge in [-0.2, -0.15) is 4.80 Å². The van der Waals surface area contributed by atoms with E-state index in [9.17, 15) is 4.79 Å². The number of nitrogens with zero attached hydrogens (tertiary/aromatic N) is 8. The molecule has 6 rings (SSSR count). The van der Waals surface area contributed by atoms with E-state index in [1.165, 1.54) is 4.80 Å². The highest BCUT2D eigenvalue weighted by atomic mass is 35.5. The average molecular weight is 602 g/mol. The number of anilines is 1. The van der Waals surface area contributed by atoms with Crippen molar-refractivity contribution in [3.63, 3.8) is 0 Å². The van der Waals surface area contributed by atoms with Gasteiger partial charge >= 0.3 is 0 Å². The van der Waals surface area contributed by atoms with Crippen molar-refractivity contribution >= 4 is 35.2 Å². The second-order valence-corrected chi connectivity index (χ2v) is 11.6. The van der Waals surface area contributed by atoms with Gasteiger partial charge in [-0.25, -0.2) is 15.0 Å². The first-order valence-corrected chi connectivity index (χ1v) is 14.2. The predicted molar refractivity (Wildman–Crippen MR) is 168 cm³/mol. The lowest BCUT2D eigenvalue weighted by Crippen LogP contribution is -2.43. The second kappa shape index (κ2) is 12.1. The minimum absolute atomic E-state index is 0. The molecule has 4 aromatic heterocycles. The van der Waals surface area contributed by atoms with Crippen molar-refractivity contribution in [2.75, 3.05) is 31.1 Å². The normalized spacial score (nSPS) is 14.4. The number of hydrogen-bond donors (Lipinski definition) is 3. The molecule has 1 aliphatic rings. The van der Waals surface area contributed by atoms with Gasteiger partial charge < -0.3 is 20.5 Å². The van der Waals surface area contributed by atoms with Crippen LogP contribution in [0.15, 0.2) is 48.9 Å². The monoisotopic (exact) mass is 601 g/mol. The average Bonchev–Trinajstić information content (AvgIpc) is 3.66. The summed E-state index contributed by atoms with van der Waals surface area (Å²) in [5, 5.41) is 19.5. The van der Waals surface area contributed by atoms with Crippen LogP contribution in [-0.2, 0) is 5.54 Å². The Morgan fingerprint density at radius 2 is 1.79 bits per heavy atom. The van der Waals surface area contributed by atoms with Crippen LogP contribution in [0.5, 0.6) is 0 Å². The zero-order valence-electron chi connectivity index (χ0n) is 24.9. The van der Waals surface area contributed by atoms with Gasteiger partial charge in [0.2, 0.25) is 0 Å². The Bertz CT molecular complexity index is 1730. The third kappa shape index (κ3) is 6.20. The lowest BCUT2D eigenvalue weighted by molar-refractivity contribution is 0.0928. The summed E-state index contributed by atoms with van der Waals surface area (Å²) in [5.74, 6) is 0.672. The number of aryl methyl sites for hydroxylation is 1. The minimum atomic E-state index is -0.366. The van der Waals surface area contributed by atoms with Crippen LogP contribution < -0.4 is 15.5 Å². The summed E-state index contributed by atoms with van der Waals surface area (Å²) in [4.78, 5) is 33.8. The lowest BCUT2D eigenvalue weighted by Gasteiger charge is -2.28. The SMILES string of the molecule is Cc1cc(-c2ncnc3[nH]c(-c4ccc(N5CCNCC5)nc4)cc23)ccc1[C@@H](C)NC(=O)c1nnn(C(C)(C)C)n1.Cl. The summed E-state index contributed by atoms with van der Waals surface area (Å²) >= 11 is 0. The Hall–Kier alpha value is -4.42. The molecule has 1 aromatic carbocycles. The van der Waals surface area contributed by atoms with Gasteiger partial charge in [0.15, 0.2) is 0 Å². The quantitative estimate of drug-likeness (QED) is 0.262. The lowest BCUT2D eigenvalue weighted by atomic mass is 9.97. The van der Waals surface area contributed by atoms with Crippen molar-refractivity contribution in [2.24, 2.45) is 0 Å². The molecule has 0 unspecified atom stereocenters. The number of piperazine rings is 1. The fourth-order valence-electron chi connectivity index (χ4n) is 5.19. The van der Waals surface area contributed by atoms with Crippen LogP contribution in [-0.4, -0.2) is 72.2 Å². The number of halogens is 1. The number of carbonyl (C=O) groups is 1. The van der Waals surface area contributed by atoms with Crippen LogP contribution in [0, 0.1) is 6.92 Å². The topological polar surface area (TPSA) is 142 Å². The maximum atomic E-state index is 12.8. The van der Waals surface area contributed by atoms with Gasteiger partial charge in [-0.15, -0.1) is 22.6 Å². The second-order valence-electron chi connectivity index (χ2n) is 11.6. The number of hydrogen-bond acceptors (Lipinski definition) is 9. The van der Waals surface area contributed by atoms with E-state index in [4.69, 9.17) is 4.98 Å². The molecule has 0 aliphatic carbocycles. The number of benzene rings is 1. The van der Waals surface area contributed by atoms with E-state index in [-0.39, 0.29) is 35.7 Å². The molecular formula is C30H36ClN11O. The van der Waals surface area contributed by atoms with Crippen LogP contribution in [0.4, 0.5) is 5.82 Å². The smallest absolute Gasteiger partial charge is 0.293 e. The summed E-state index contributed by atoms with van der Waals surface area (Å²) in [6, 6.07) is 12.1. The van der Waals surface area contributed by atoms with Gasteiger partial charge in [0.05, 0.1) is 17.3 Å². The highest BCUT2D eigenvalue weighted by Crippen LogP contribution is 2.32. The number of aromatic nitrogens is 8. The van der Waals surface area contributed by atoms with Crippen LogP contribution in [0.1, 0.15) is 55.5 Å². The molecule has 0 spiro atoms. The molecule has 5 aromatic rings. The maximum absolute atomic E-state index is 12.8. The highest BCUT2D eigenvalue weighted by Gasteiger charge is 2.22. The number of tetrazole rings is 1. The molecule has 1 aliphatic heterocycles. The Morgan fingerprint density at radius 3 is 2.47 bits per heavy atom. The van der Waals surface area contributed by atoms with E-state index in [1.54, 1.807) is 6.33 Å². The van der Waals surface area contributed by atoms with E-state index in [0.29, 0.717) is 0 Å². The van der Waals surface area contributed by atoms with Crippen LogP contribution in [0.25, 0.3) is 33.5 Å². The largest absolute Gasteiger partial charge is 0.354 e. The fourth-order valence-corrected chi connectivity index (χ4v) is 5.19.